The summed E-state index contributed by atoms with van der Waals surface area (Å²) in [5.74, 6) is 0.0230. The summed E-state index contributed by atoms with van der Waals surface area (Å²) in [6.07, 6.45) is 0.113. The second-order valence-electron chi connectivity index (χ2n) is 7.95. The van der Waals surface area contributed by atoms with Crippen LogP contribution in [0.4, 0.5) is 0 Å². The fraction of sp³-hybridized carbons (Fsp3) is 0.269. The van der Waals surface area contributed by atoms with Crippen LogP contribution >= 0.6 is 0 Å². The minimum atomic E-state index is 0.0230. The maximum atomic E-state index is 12.6. The third kappa shape index (κ3) is 4.61. The zero-order valence-corrected chi connectivity index (χ0v) is 17.6. The van der Waals surface area contributed by atoms with Crippen molar-refractivity contribution in [2.24, 2.45) is 0 Å². The molecule has 1 unspecified atom stereocenters. The quantitative estimate of drug-likeness (QED) is 0.626. The van der Waals surface area contributed by atoms with Gasteiger partial charge in [0.2, 0.25) is 0 Å². The minimum absolute atomic E-state index is 0.0230. The van der Waals surface area contributed by atoms with E-state index in [0.29, 0.717) is 0 Å². The van der Waals surface area contributed by atoms with E-state index in [2.05, 4.69) is 53.4 Å². The number of carbonyl (C=O) groups is 1. The summed E-state index contributed by atoms with van der Waals surface area (Å²) in [5.41, 5.74) is 5.25. The third-order valence-electron chi connectivity index (χ3n) is 5.53. The Kier molecular flexibility index (Phi) is 6.26. The Morgan fingerprint density at radius 3 is 2.57 bits per heavy atom. The van der Waals surface area contributed by atoms with E-state index >= 15 is 0 Å². The molecule has 0 saturated carbocycles. The number of nitrogens with zero attached hydrogens (tertiary/aromatic N) is 2. The van der Waals surface area contributed by atoms with Gasteiger partial charge < -0.3 is 9.64 Å². The first-order valence-electron chi connectivity index (χ1n) is 10.4. The molecule has 3 aromatic carbocycles. The highest BCUT2D eigenvalue weighted by molar-refractivity contribution is 6.00. The van der Waals surface area contributed by atoms with Crippen LogP contribution in [0.15, 0.2) is 78.9 Å². The largest absolute Gasteiger partial charge is 0.371 e. The van der Waals surface area contributed by atoms with Crippen molar-refractivity contribution in [1.82, 2.24) is 9.80 Å². The summed E-state index contributed by atoms with van der Waals surface area (Å²) >= 11 is 0. The van der Waals surface area contributed by atoms with E-state index in [0.717, 1.165) is 42.9 Å². The maximum absolute atomic E-state index is 12.6. The minimum Gasteiger partial charge on any atom is -0.371 e. The Balaban J connectivity index is 1.53. The lowest BCUT2D eigenvalue weighted by atomic mass is 9.97. The summed E-state index contributed by atoms with van der Waals surface area (Å²) in [7, 11) is 3.58. The van der Waals surface area contributed by atoms with Crippen molar-refractivity contribution in [3.8, 4) is 11.1 Å². The number of amides is 1. The van der Waals surface area contributed by atoms with Crippen molar-refractivity contribution in [3.05, 3.63) is 95.6 Å². The second kappa shape index (κ2) is 9.24. The molecule has 0 bridgehead atoms. The first kappa shape index (κ1) is 20.3. The van der Waals surface area contributed by atoms with Crippen LogP contribution in [0.25, 0.3) is 11.1 Å². The molecule has 1 aliphatic heterocycles. The molecule has 30 heavy (non-hydrogen) atoms. The summed E-state index contributed by atoms with van der Waals surface area (Å²) in [5, 5.41) is 0. The van der Waals surface area contributed by atoms with E-state index < -0.39 is 0 Å². The molecule has 1 atom stereocenters. The first-order chi connectivity index (χ1) is 14.6. The fourth-order valence-electron chi connectivity index (χ4n) is 3.97. The molecule has 0 aromatic heterocycles. The zero-order valence-electron chi connectivity index (χ0n) is 17.6. The molecule has 1 amide bonds. The Morgan fingerprint density at radius 2 is 1.77 bits per heavy atom. The third-order valence-corrected chi connectivity index (χ3v) is 5.53. The average molecular weight is 401 g/mol. The van der Waals surface area contributed by atoms with E-state index in [9.17, 15) is 4.79 Å². The number of carbonyl (C=O) groups excluding carboxylic acids is 1. The van der Waals surface area contributed by atoms with Gasteiger partial charge in [0.25, 0.3) is 5.91 Å². The Labute approximate surface area is 178 Å². The summed E-state index contributed by atoms with van der Waals surface area (Å²) in [6, 6.07) is 26.8. The molecule has 1 saturated heterocycles. The van der Waals surface area contributed by atoms with Crippen LogP contribution in [0, 0.1) is 0 Å². The highest BCUT2D eigenvalue weighted by Crippen LogP contribution is 2.27. The molecule has 4 rings (SSSR count). The molecule has 1 heterocycles. The lowest BCUT2D eigenvalue weighted by Gasteiger charge is -2.33. The molecule has 4 nitrogen and oxygen atoms in total. The van der Waals surface area contributed by atoms with Gasteiger partial charge in [0.1, 0.15) is 0 Å². The molecule has 154 valence electrons. The van der Waals surface area contributed by atoms with E-state index in [1.165, 1.54) is 11.1 Å². The van der Waals surface area contributed by atoms with Crippen molar-refractivity contribution >= 4 is 5.91 Å². The van der Waals surface area contributed by atoms with Crippen LogP contribution in [-0.2, 0) is 11.3 Å². The molecule has 0 aliphatic carbocycles. The van der Waals surface area contributed by atoms with Gasteiger partial charge in [-0.05, 0) is 34.4 Å². The number of morpholine rings is 1. The molecule has 4 heteroatoms. The van der Waals surface area contributed by atoms with Gasteiger partial charge in [-0.1, -0.05) is 66.7 Å². The number of ether oxygens (including phenoxy) is 1. The lowest BCUT2D eigenvalue weighted by Crippen LogP contribution is -2.37. The van der Waals surface area contributed by atoms with Crippen LogP contribution in [-0.4, -0.2) is 49.5 Å². The van der Waals surface area contributed by atoms with Crippen molar-refractivity contribution in [3.63, 3.8) is 0 Å². The molecule has 0 N–H and O–H groups in total. The Morgan fingerprint density at radius 1 is 1.00 bits per heavy atom. The SMILES string of the molecule is CN(C)C(=O)c1ccccc1-c1cccc(CN2CCOC(c3ccccc3)C2)c1. The number of hydrogen-bond donors (Lipinski definition) is 0. The van der Waals surface area contributed by atoms with Gasteiger partial charge in [0, 0.05) is 39.3 Å². The number of benzene rings is 3. The van der Waals surface area contributed by atoms with E-state index in [1.54, 1.807) is 19.0 Å². The molecular weight excluding hydrogens is 372 g/mol. The van der Waals surface area contributed by atoms with E-state index in [4.69, 9.17) is 4.74 Å². The van der Waals surface area contributed by atoms with Crippen LogP contribution in [0.2, 0.25) is 0 Å². The van der Waals surface area contributed by atoms with Crippen molar-refractivity contribution < 1.29 is 9.53 Å². The molecule has 1 aliphatic rings. The summed E-state index contributed by atoms with van der Waals surface area (Å²) in [6.45, 7) is 3.40. The van der Waals surface area contributed by atoms with Gasteiger partial charge in [-0.3, -0.25) is 9.69 Å². The van der Waals surface area contributed by atoms with E-state index in [-0.39, 0.29) is 12.0 Å². The van der Waals surface area contributed by atoms with Gasteiger partial charge in [-0.2, -0.15) is 0 Å². The van der Waals surface area contributed by atoms with Crippen LogP contribution in [0.5, 0.6) is 0 Å². The summed E-state index contributed by atoms with van der Waals surface area (Å²) in [4.78, 5) is 16.7. The van der Waals surface area contributed by atoms with Crippen molar-refractivity contribution in [1.29, 1.82) is 0 Å². The first-order valence-corrected chi connectivity index (χ1v) is 10.4. The molecule has 0 radical (unpaired) electrons. The summed E-state index contributed by atoms with van der Waals surface area (Å²) < 4.78 is 6.01. The topological polar surface area (TPSA) is 32.8 Å². The standard InChI is InChI=1S/C26H28N2O2/c1-27(2)26(29)24-14-7-6-13-23(24)22-12-8-9-20(17-22)18-28-15-16-30-25(19-28)21-10-4-3-5-11-21/h3-14,17,25H,15-16,18-19H2,1-2H3. The predicted molar refractivity (Wildman–Crippen MR) is 120 cm³/mol. The lowest BCUT2D eigenvalue weighted by molar-refractivity contribution is -0.0329. The second-order valence-corrected chi connectivity index (χ2v) is 7.95. The van der Waals surface area contributed by atoms with E-state index in [1.807, 2.05) is 30.3 Å². The van der Waals surface area contributed by atoms with Crippen LogP contribution in [0.1, 0.15) is 27.6 Å². The fourth-order valence-corrected chi connectivity index (χ4v) is 3.97. The van der Waals surface area contributed by atoms with Gasteiger partial charge in [-0.25, -0.2) is 0 Å². The molecular formula is C26H28N2O2. The van der Waals surface area contributed by atoms with Crippen LogP contribution < -0.4 is 0 Å². The van der Waals surface area contributed by atoms with Crippen molar-refractivity contribution in [2.45, 2.75) is 12.6 Å². The molecule has 1 fully saturated rings. The zero-order chi connectivity index (χ0) is 20.9. The normalized spacial score (nSPS) is 16.9. The predicted octanol–water partition coefficient (Wildman–Crippen LogP) is 4.63. The van der Waals surface area contributed by atoms with Gasteiger partial charge in [-0.15, -0.1) is 0 Å². The average Bonchev–Trinajstić information content (AvgIpc) is 2.79. The monoisotopic (exact) mass is 400 g/mol. The molecule has 0 spiro atoms. The highest BCUT2D eigenvalue weighted by atomic mass is 16.5. The molecule has 3 aromatic rings. The smallest absolute Gasteiger partial charge is 0.253 e. The van der Waals surface area contributed by atoms with Gasteiger partial charge in [0.15, 0.2) is 0 Å². The van der Waals surface area contributed by atoms with Crippen molar-refractivity contribution in [2.75, 3.05) is 33.8 Å². The van der Waals surface area contributed by atoms with Crippen LogP contribution in [0.3, 0.4) is 0 Å². The maximum Gasteiger partial charge on any atom is 0.253 e. The Bertz CT molecular complexity index is 1000. The van der Waals surface area contributed by atoms with Gasteiger partial charge >= 0.3 is 0 Å². The highest BCUT2D eigenvalue weighted by Gasteiger charge is 2.22. The number of rotatable bonds is 5. The van der Waals surface area contributed by atoms with Gasteiger partial charge in [0.05, 0.1) is 12.7 Å². The Hall–Kier alpha value is -2.95. The number of hydrogen-bond acceptors (Lipinski definition) is 3.